The highest BCUT2D eigenvalue weighted by atomic mass is 32.2. The first-order chi connectivity index (χ1) is 5.74. The van der Waals surface area contributed by atoms with Crippen molar-refractivity contribution < 1.29 is 0 Å². The number of anilines is 2. The molecule has 4 N–H and O–H groups in total. The number of nitrogens with two attached hydrogens (primary N) is 2. The molecule has 1 aromatic heterocycles. The standard InChI is InChI=1S/C8H13N3S/c1-2-5-12-7-4-3-6(9)8(10)11-7/h3-4H,2,5,9H2,1H3,(H2,10,11). The average Bonchev–Trinajstić information content (AvgIpc) is 2.07. The number of aromatic nitrogens is 1. The second-order valence-corrected chi connectivity index (χ2v) is 3.59. The number of nitrogen functional groups attached to an aromatic ring is 2. The van der Waals surface area contributed by atoms with Crippen LogP contribution in [0.25, 0.3) is 0 Å². The van der Waals surface area contributed by atoms with E-state index in [1.54, 1.807) is 17.8 Å². The summed E-state index contributed by atoms with van der Waals surface area (Å²) in [5.74, 6) is 1.49. The van der Waals surface area contributed by atoms with Gasteiger partial charge in [-0.1, -0.05) is 6.92 Å². The van der Waals surface area contributed by atoms with Crippen molar-refractivity contribution in [2.24, 2.45) is 0 Å². The largest absolute Gasteiger partial charge is 0.396 e. The minimum atomic E-state index is 0.427. The molecule has 3 nitrogen and oxygen atoms in total. The topological polar surface area (TPSA) is 64.9 Å². The normalized spacial score (nSPS) is 10.1. The fraction of sp³-hybridized carbons (Fsp3) is 0.375. The molecule has 1 rings (SSSR count). The van der Waals surface area contributed by atoms with Crippen molar-refractivity contribution in [3.63, 3.8) is 0 Å². The molecule has 0 aliphatic heterocycles. The average molecular weight is 183 g/mol. The number of hydrogen-bond donors (Lipinski definition) is 2. The Balaban J connectivity index is 2.69. The first kappa shape index (κ1) is 9.19. The third kappa shape index (κ3) is 2.30. The van der Waals surface area contributed by atoms with Gasteiger partial charge in [-0.25, -0.2) is 4.98 Å². The molecule has 0 fully saturated rings. The van der Waals surface area contributed by atoms with Crippen molar-refractivity contribution in [2.75, 3.05) is 17.2 Å². The number of hydrogen-bond acceptors (Lipinski definition) is 4. The van der Waals surface area contributed by atoms with E-state index in [0.29, 0.717) is 11.5 Å². The summed E-state index contributed by atoms with van der Waals surface area (Å²) in [6.45, 7) is 2.13. The molecule has 1 aromatic rings. The minimum absolute atomic E-state index is 0.427. The molecule has 0 spiro atoms. The van der Waals surface area contributed by atoms with Gasteiger partial charge < -0.3 is 11.5 Å². The van der Waals surface area contributed by atoms with Gasteiger partial charge >= 0.3 is 0 Å². The maximum Gasteiger partial charge on any atom is 0.147 e. The molecule has 0 saturated heterocycles. The lowest BCUT2D eigenvalue weighted by molar-refractivity contribution is 1.09. The molecular formula is C8H13N3S. The Morgan fingerprint density at radius 1 is 1.42 bits per heavy atom. The van der Waals surface area contributed by atoms with E-state index >= 15 is 0 Å². The van der Waals surface area contributed by atoms with Crippen molar-refractivity contribution in [1.82, 2.24) is 4.98 Å². The zero-order chi connectivity index (χ0) is 8.97. The lowest BCUT2D eigenvalue weighted by atomic mass is 10.4. The summed E-state index contributed by atoms with van der Waals surface area (Å²) in [4.78, 5) is 4.13. The molecule has 0 amide bonds. The van der Waals surface area contributed by atoms with Gasteiger partial charge in [-0.2, -0.15) is 0 Å². The van der Waals surface area contributed by atoms with Gasteiger partial charge in [0.25, 0.3) is 0 Å². The van der Waals surface area contributed by atoms with Crippen LogP contribution in [0.15, 0.2) is 17.2 Å². The van der Waals surface area contributed by atoms with Crippen molar-refractivity contribution >= 4 is 23.3 Å². The van der Waals surface area contributed by atoms with Crippen LogP contribution >= 0.6 is 11.8 Å². The summed E-state index contributed by atoms with van der Waals surface area (Å²) < 4.78 is 0. The van der Waals surface area contributed by atoms with Gasteiger partial charge in [0, 0.05) is 0 Å². The van der Waals surface area contributed by atoms with Crippen molar-refractivity contribution in [3.05, 3.63) is 12.1 Å². The lowest BCUT2D eigenvalue weighted by Gasteiger charge is -2.01. The van der Waals surface area contributed by atoms with E-state index in [1.165, 1.54) is 0 Å². The van der Waals surface area contributed by atoms with Crippen LogP contribution in [0.2, 0.25) is 0 Å². The molecular weight excluding hydrogens is 170 g/mol. The van der Waals surface area contributed by atoms with E-state index < -0.39 is 0 Å². The number of pyridine rings is 1. The summed E-state index contributed by atoms with van der Waals surface area (Å²) in [6.07, 6.45) is 1.14. The van der Waals surface area contributed by atoms with Crippen LogP contribution in [0, 0.1) is 0 Å². The zero-order valence-corrected chi connectivity index (χ0v) is 7.90. The van der Waals surface area contributed by atoms with E-state index in [2.05, 4.69) is 11.9 Å². The van der Waals surface area contributed by atoms with E-state index in [0.717, 1.165) is 17.2 Å². The maximum absolute atomic E-state index is 5.54. The molecule has 0 atom stereocenters. The summed E-state index contributed by atoms with van der Waals surface area (Å²) in [5.41, 5.74) is 11.6. The summed E-state index contributed by atoms with van der Waals surface area (Å²) >= 11 is 1.70. The molecule has 0 aliphatic rings. The first-order valence-electron chi connectivity index (χ1n) is 3.89. The Morgan fingerprint density at radius 2 is 2.17 bits per heavy atom. The predicted molar refractivity (Wildman–Crippen MR) is 54.1 cm³/mol. The molecule has 0 saturated carbocycles. The number of rotatable bonds is 3. The highest BCUT2D eigenvalue weighted by molar-refractivity contribution is 7.99. The first-order valence-corrected chi connectivity index (χ1v) is 4.87. The Morgan fingerprint density at radius 3 is 2.75 bits per heavy atom. The van der Waals surface area contributed by atoms with Crippen LogP contribution in [-0.4, -0.2) is 10.7 Å². The molecule has 12 heavy (non-hydrogen) atoms. The fourth-order valence-corrected chi connectivity index (χ4v) is 1.49. The van der Waals surface area contributed by atoms with Crippen LogP contribution in [0.3, 0.4) is 0 Å². The monoisotopic (exact) mass is 183 g/mol. The molecule has 0 unspecified atom stereocenters. The maximum atomic E-state index is 5.54. The number of thioether (sulfide) groups is 1. The van der Waals surface area contributed by atoms with E-state index in [4.69, 9.17) is 11.5 Å². The van der Waals surface area contributed by atoms with Crippen LogP contribution in [0.4, 0.5) is 11.5 Å². The van der Waals surface area contributed by atoms with Gasteiger partial charge in [0.1, 0.15) is 5.82 Å². The molecule has 0 aliphatic carbocycles. The van der Waals surface area contributed by atoms with Gasteiger partial charge in [0.15, 0.2) is 0 Å². The van der Waals surface area contributed by atoms with Crippen molar-refractivity contribution in [2.45, 2.75) is 18.4 Å². The summed E-state index contributed by atoms with van der Waals surface area (Å²) in [5, 5.41) is 0.948. The predicted octanol–water partition coefficient (Wildman–Crippen LogP) is 1.75. The summed E-state index contributed by atoms with van der Waals surface area (Å²) in [7, 11) is 0. The second kappa shape index (κ2) is 4.21. The van der Waals surface area contributed by atoms with Crippen molar-refractivity contribution in [1.29, 1.82) is 0 Å². The van der Waals surface area contributed by atoms with Crippen LogP contribution in [-0.2, 0) is 0 Å². The van der Waals surface area contributed by atoms with E-state index in [-0.39, 0.29) is 0 Å². The van der Waals surface area contributed by atoms with Crippen LogP contribution in [0.1, 0.15) is 13.3 Å². The van der Waals surface area contributed by atoms with Gasteiger partial charge in [0.2, 0.25) is 0 Å². The van der Waals surface area contributed by atoms with Gasteiger partial charge in [-0.15, -0.1) is 11.8 Å². The van der Waals surface area contributed by atoms with Gasteiger partial charge in [-0.3, -0.25) is 0 Å². The quantitative estimate of drug-likeness (QED) is 0.701. The third-order valence-electron chi connectivity index (χ3n) is 1.39. The number of nitrogens with zero attached hydrogens (tertiary/aromatic N) is 1. The van der Waals surface area contributed by atoms with E-state index in [1.807, 2.05) is 6.07 Å². The van der Waals surface area contributed by atoms with E-state index in [9.17, 15) is 0 Å². The minimum Gasteiger partial charge on any atom is -0.396 e. The smallest absolute Gasteiger partial charge is 0.147 e. The van der Waals surface area contributed by atoms with Crippen molar-refractivity contribution in [3.8, 4) is 0 Å². The Hall–Kier alpha value is -0.900. The molecule has 4 heteroatoms. The Labute approximate surface area is 76.5 Å². The zero-order valence-electron chi connectivity index (χ0n) is 7.08. The molecule has 0 aromatic carbocycles. The molecule has 66 valence electrons. The van der Waals surface area contributed by atoms with Gasteiger partial charge in [-0.05, 0) is 24.3 Å². The molecule has 1 heterocycles. The van der Waals surface area contributed by atoms with Gasteiger partial charge in [0.05, 0.1) is 10.7 Å². The highest BCUT2D eigenvalue weighted by Crippen LogP contribution is 2.20. The third-order valence-corrected chi connectivity index (χ3v) is 2.52. The second-order valence-electron chi connectivity index (χ2n) is 2.47. The summed E-state index contributed by atoms with van der Waals surface area (Å²) in [6, 6.07) is 3.69. The molecule has 0 bridgehead atoms. The lowest BCUT2D eigenvalue weighted by Crippen LogP contribution is -1.98. The Kier molecular flexibility index (Phi) is 3.22. The SMILES string of the molecule is CCCSc1ccc(N)c(N)n1. The van der Waals surface area contributed by atoms with Crippen LogP contribution < -0.4 is 11.5 Å². The Bertz CT molecular complexity index is 262. The fourth-order valence-electron chi connectivity index (χ4n) is 0.754. The van der Waals surface area contributed by atoms with Crippen LogP contribution in [0.5, 0.6) is 0 Å². The highest BCUT2D eigenvalue weighted by Gasteiger charge is 1.98. The molecule has 0 radical (unpaired) electrons.